The molecule has 0 radical (unpaired) electrons. The van der Waals surface area contributed by atoms with Crippen LogP contribution in [0.15, 0.2) is 59.1 Å². The molecule has 0 fully saturated rings. The van der Waals surface area contributed by atoms with Gasteiger partial charge < -0.3 is 5.32 Å². The summed E-state index contributed by atoms with van der Waals surface area (Å²) in [4.78, 5) is 12.5. The summed E-state index contributed by atoms with van der Waals surface area (Å²) in [6.07, 6.45) is 1.71. The Kier molecular flexibility index (Phi) is 6.17. The van der Waals surface area contributed by atoms with Crippen LogP contribution in [0.2, 0.25) is 0 Å². The molecule has 2 aromatic rings. The molecule has 3 heteroatoms. The number of rotatable bonds is 6. The molecular formula is C20H22BrNO. The van der Waals surface area contributed by atoms with Gasteiger partial charge in [-0.2, -0.15) is 0 Å². The largest absolute Gasteiger partial charge is 0.348 e. The van der Waals surface area contributed by atoms with Gasteiger partial charge in [0.15, 0.2) is 0 Å². The maximum atomic E-state index is 12.5. The van der Waals surface area contributed by atoms with E-state index in [-0.39, 0.29) is 5.91 Å². The molecule has 0 bridgehead atoms. The Morgan fingerprint density at radius 3 is 2.52 bits per heavy atom. The molecule has 23 heavy (non-hydrogen) atoms. The molecule has 1 N–H and O–H groups in total. The molecule has 0 spiro atoms. The standard InChI is InChI=1S/C20H22BrNO/c1-14(2)4-9-17-12-18(21)10-11-19(17)20(23)22-13-16-7-5-15(3)6-8-16/h5-8,10-12H,1,4,9,13H2,2-3H3,(H,22,23). The van der Waals surface area contributed by atoms with E-state index in [1.165, 1.54) is 5.56 Å². The minimum absolute atomic E-state index is 0.0326. The lowest BCUT2D eigenvalue weighted by Crippen LogP contribution is -2.24. The SMILES string of the molecule is C=C(C)CCc1cc(Br)ccc1C(=O)NCc1ccc(C)cc1. The van der Waals surface area contributed by atoms with Crippen molar-refractivity contribution in [2.24, 2.45) is 0 Å². The molecular weight excluding hydrogens is 350 g/mol. The maximum Gasteiger partial charge on any atom is 0.251 e. The molecule has 2 rings (SSSR count). The second-order valence-corrected chi connectivity index (χ2v) is 6.84. The van der Waals surface area contributed by atoms with Gasteiger partial charge in [0.2, 0.25) is 0 Å². The lowest BCUT2D eigenvalue weighted by molar-refractivity contribution is 0.0950. The van der Waals surface area contributed by atoms with Crippen molar-refractivity contribution in [1.82, 2.24) is 5.32 Å². The zero-order valence-corrected chi connectivity index (χ0v) is 15.2. The molecule has 0 saturated heterocycles. The second-order valence-electron chi connectivity index (χ2n) is 5.93. The average Bonchev–Trinajstić information content (AvgIpc) is 2.52. The van der Waals surface area contributed by atoms with Crippen molar-refractivity contribution in [3.8, 4) is 0 Å². The van der Waals surface area contributed by atoms with Crippen molar-refractivity contribution in [2.75, 3.05) is 0 Å². The van der Waals surface area contributed by atoms with Crippen LogP contribution in [-0.2, 0) is 13.0 Å². The first-order chi connectivity index (χ1) is 11.0. The van der Waals surface area contributed by atoms with Crippen LogP contribution in [0.25, 0.3) is 0 Å². The number of halogens is 1. The van der Waals surface area contributed by atoms with E-state index < -0.39 is 0 Å². The summed E-state index contributed by atoms with van der Waals surface area (Å²) >= 11 is 3.48. The highest BCUT2D eigenvalue weighted by Gasteiger charge is 2.11. The third-order valence-corrected chi connectivity index (χ3v) is 4.20. The highest BCUT2D eigenvalue weighted by Crippen LogP contribution is 2.19. The van der Waals surface area contributed by atoms with Gasteiger partial charge in [0.1, 0.15) is 0 Å². The number of carbonyl (C=O) groups excluding carboxylic acids is 1. The molecule has 0 saturated carbocycles. The zero-order valence-electron chi connectivity index (χ0n) is 13.7. The maximum absolute atomic E-state index is 12.5. The molecule has 120 valence electrons. The summed E-state index contributed by atoms with van der Waals surface area (Å²) in [5, 5.41) is 3.01. The van der Waals surface area contributed by atoms with Crippen LogP contribution < -0.4 is 5.32 Å². The summed E-state index contributed by atoms with van der Waals surface area (Å²) in [7, 11) is 0. The fourth-order valence-corrected chi connectivity index (χ4v) is 2.73. The molecule has 0 atom stereocenters. The first kappa shape index (κ1) is 17.5. The van der Waals surface area contributed by atoms with Crippen molar-refractivity contribution in [2.45, 2.75) is 33.2 Å². The highest BCUT2D eigenvalue weighted by atomic mass is 79.9. The number of amides is 1. The van der Waals surface area contributed by atoms with E-state index in [9.17, 15) is 4.79 Å². The number of hydrogen-bond acceptors (Lipinski definition) is 1. The van der Waals surface area contributed by atoms with Gasteiger partial charge >= 0.3 is 0 Å². The summed E-state index contributed by atoms with van der Waals surface area (Å²) in [6.45, 7) is 8.54. The van der Waals surface area contributed by atoms with Gasteiger partial charge in [0.25, 0.3) is 5.91 Å². The van der Waals surface area contributed by atoms with Crippen molar-refractivity contribution in [3.05, 3.63) is 81.3 Å². The molecule has 0 unspecified atom stereocenters. The topological polar surface area (TPSA) is 29.1 Å². The van der Waals surface area contributed by atoms with Gasteiger partial charge in [0, 0.05) is 16.6 Å². The molecule has 0 aliphatic rings. The predicted octanol–water partition coefficient (Wildman–Crippen LogP) is 5.20. The highest BCUT2D eigenvalue weighted by molar-refractivity contribution is 9.10. The smallest absolute Gasteiger partial charge is 0.251 e. The number of benzene rings is 2. The zero-order chi connectivity index (χ0) is 16.8. The van der Waals surface area contributed by atoms with Crippen molar-refractivity contribution in [3.63, 3.8) is 0 Å². The molecule has 1 amide bonds. The minimum atomic E-state index is -0.0326. The fourth-order valence-electron chi connectivity index (χ4n) is 2.32. The van der Waals surface area contributed by atoms with E-state index in [4.69, 9.17) is 0 Å². The van der Waals surface area contributed by atoms with Crippen LogP contribution in [0.4, 0.5) is 0 Å². The average molecular weight is 372 g/mol. The van der Waals surface area contributed by atoms with Crippen molar-refractivity contribution in [1.29, 1.82) is 0 Å². The quantitative estimate of drug-likeness (QED) is 0.694. The van der Waals surface area contributed by atoms with Crippen molar-refractivity contribution >= 4 is 21.8 Å². The number of carbonyl (C=O) groups is 1. The number of aryl methyl sites for hydroxylation is 2. The third kappa shape index (κ3) is 5.36. The lowest BCUT2D eigenvalue weighted by atomic mass is 10.00. The Labute approximate surface area is 146 Å². The molecule has 2 aromatic carbocycles. The van der Waals surface area contributed by atoms with Gasteiger partial charge in [-0.25, -0.2) is 0 Å². The van der Waals surface area contributed by atoms with Crippen molar-refractivity contribution < 1.29 is 4.79 Å². The summed E-state index contributed by atoms with van der Waals surface area (Å²) in [5.74, 6) is -0.0326. The first-order valence-electron chi connectivity index (χ1n) is 7.72. The van der Waals surface area contributed by atoms with Gasteiger partial charge in [-0.1, -0.05) is 51.3 Å². The Morgan fingerprint density at radius 1 is 1.17 bits per heavy atom. The fraction of sp³-hybridized carbons (Fsp3) is 0.250. The van der Waals surface area contributed by atoms with Gasteiger partial charge in [0.05, 0.1) is 0 Å². The minimum Gasteiger partial charge on any atom is -0.348 e. The van der Waals surface area contributed by atoms with E-state index in [0.717, 1.165) is 39.6 Å². The normalized spacial score (nSPS) is 10.4. The number of nitrogens with one attached hydrogen (secondary N) is 1. The second kappa shape index (κ2) is 8.11. The lowest BCUT2D eigenvalue weighted by Gasteiger charge is -2.11. The number of hydrogen-bond donors (Lipinski definition) is 1. The molecule has 0 aliphatic heterocycles. The molecule has 2 nitrogen and oxygen atoms in total. The predicted molar refractivity (Wildman–Crippen MR) is 99.6 cm³/mol. The van der Waals surface area contributed by atoms with E-state index in [1.54, 1.807) is 0 Å². The van der Waals surface area contributed by atoms with Gasteiger partial charge in [-0.05, 0) is 56.0 Å². The van der Waals surface area contributed by atoms with E-state index in [0.29, 0.717) is 6.54 Å². The Balaban J connectivity index is 2.08. The number of allylic oxidation sites excluding steroid dienone is 1. The monoisotopic (exact) mass is 371 g/mol. The summed E-state index contributed by atoms with van der Waals surface area (Å²) in [6, 6.07) is 14.0. The Hall–Kier alpha value is -1.87. The van der Waals surface area contributed by atoms with Crippen LogP contribution in [0, 0.1) is 6.92 Å². The molecule has 0 heterocycles. The van der Waals surface area contributed by atoms with Gasteiger partial charge in [-0.15, -0.1) is 6.58 Å². The Bertz CT molecular complexity index is 704. The molecule has 0 aromatic heterocycles. The first-order valence-corrected chi connectivity index (χ1v) is 8.51. The molecule has 0 aliphatic carbocycles. The van der Waals surface area contributed by atoms with Crippen LogP contribution in [-0.4, -0.2) is 5.91 Å². The van der Waals surface area contributed by atoms with Crippen LogP contribution in [0.5, 0.6) is 0 Å². The van der Waals surface area contributed by atoms with Crippen LogP contribution >= 0.6 is 15.9 Å². The van der Waals surface area contributed by atoms with Gasteiger partial charge in [-0.3, -0.25) is 4.79 Å². The van der Waals surface area contributed by atoms with Crippen LogP contribution in [0.3, 0.4) is 0 Å². The summed E-state index contributed by atoms with van der Waals surface area (Å²) in [5.41, 5.74) is 5.22. The van der Waals surface area contributed by atoms with E-state index in [1.807, 2.05) is 37.3 Å². The van der Waals surface area contributed by atoms with E-state index >= 15 is 0 Å². The van der Waals surface area contributed by atoms with Crippen LogP contribution in [0.1, 0.15) is 40.4 Å². The van der Waals surface area contributed by atoms with E-state index in [2.05, 4.69) is 46.9 Å². The third-order valence-electron chi connectivity index (χ3n) is 3.71. The Morgan fingerprint density at radius 2 is 1.87 bits per heavy atom. The summed E-state index contributed by atoms with van der Waals surface area (Å²) < 4.78 is 0.990.